The van der Waals surface area contributed by atoms with Gasteiger partial charge in [0.2, 0.25) is 5.91 Å². The van der Waals surface area contributed by atoms with Crippen LogP contribution < -0.4 is 0 Å². The second-order valence-corrected chi connectivity index (χ2v) is 5.49. The van der Waals surface area contributed by atoms with Crippen molar-refractivity contribution in [1.29, 1.82) is 0 Å². The van der Waals surface area contributed by atoms with Crippen molar-refractivity contribution in [1.82, 2.24) is 30.1 Å². The van der Waals surface area contributed by atoms with Crippen LogP contribution in [0, 0.1) is 0 Å². The van der Waals surface area contributed by atoms with Crippen molar-refractivity contribution < 1.29 is 14.3 Å². The summed E-state index contributed by atoms with van der Waals surface area (Å²) in [5.74, 6) is 0.665. The molecule has 0 N–H and O–H groups in total. The minimum absolute atomic E-state index is 0.0483. The zero-order chi connectivity index (χ0) is 16.8. The van der Waals surface area contributed by atoms with E-state index in [4.69, 9.17) is 9.47 Å². The van der Waals surface area contributed by atoms with E-state index in [9.17, 15) is 4.79 Å². The van der Waals surface area contributed by atoms with E-state index in [2.05, 4.69) is 20.5 Å². The van der Waals surface area contributed by atoms with Crippen molar-refractivity contribution in [2.75, 3.05) is 33.4 Å². The number of amides is 1. The molecule has 128 valence electrons. The number of ether oxygens (including phenoxy) is 2. The zero-order valence-corrected chi connectivity index (χ0v) is 13.5. The molecule has 1 fully saturated rings. The third kappa shape index (κ3) is 3.92. The number of carbonyl (C=O) groups excluding carboxylic acids is 1. The summed E-state index contributed by atoms with van der Waals surface area (Å²) in [5.41, 5.74) is 0.899. The highest BCUT2D eigenvalue weighted by Gasteiger charge is 2.29. The van der Waals surface area contributed by atoms with E-state index in [1.807, 2.05) is 12.1 Å². The molecule has 0 spiro atoms. The standard InChI is InChI=1S/C15H20N6O3/c1-23-7-6-21-15(17-18-19-21)13-11-20(5-8-24-13)14(22)9-12-3-2-4-16-10-12/h2-4,10,13H,5-9,11H2,1H3/t13-/m1/s1. The van der Waals surface area contributed by atoms with Crippen LogP contribution in [0.2, 0.25) is 0 Å². The highest BCUT2D eigenvalue weighted by molar-refractivity contribution is 5.78. The monoisotopic (exact) mass is 332 g/mol. The number of pyridine rings is 1. The Hall–Kier alpha value is -2.39. The van der Waals surface area contributed by atoms with Crippen LogP contribution in [0.1, 0.15) is 17.5 Å². The fourth-order valence-corrected chi connectivity index (χ4v) is 2.60. The molecular weight excluding hydrogens is 312 g/mol. The number of methoxy groups -OCH3 is 1. The molecule has 1 atom stereocenters. The maximum atomic E-state index is 12.5. The summed E-state index contributed by atoms with van der Waals surface area (Å²) in [4.78, 5) is 18.3. The highest BCUT2D eigenvalue weighted by atomic mass is 16.5. The summed E-state index contributed by atoms with van der Waals surface area (Å²) < 4.78 is 12.5. The second-order valence-electron chi connectivity index (χ2n) is 5.49. The molecule has 24 heavy (non-hydrogen) atoms. The fraction of sp³-hybridized carbons (Fsp3) is 0.533. The molecule has 0 aliphatic carbocycles. The van der Waals surface area contributed by atoms with Crippen molar-refractivity contribution in [3.8, 4) is 0 Å². The molecule has 0 saturated carbocycles. The summed E-state index contributed by atoms with van der Waals surface area (Å²) in [5, 5.41) is 11.7. The van der Waals surface area contributed by atoms with Crippen molar-refractivity contribution in [2.45, 2.75) is 19.1 Å². The third-order valence-corrected chi connectivity index (χ3v) is 3.85. The lowest BCUT2D eigenvalue weighted by molar-refractivity contribution is -0.138. The van der Waals surface area contributed by atoms with Gasteiger partial charge >= 0.3 is 0 Å². The van der Waals surface area contributed by atoms with Crippen LogP contribution in [0.5, 0.6) is 0 Å². The summed E-state index contributed by atoms with van der Waals surface area (Å²) in [6.07, 6.45) is 3.40. The molecule has 0 bridgehead atoms. The number of nitrogens with zero attached hydrogens (tertiary/aromatic N) is 6. The molecule has 0 aromatic carbocycles. The molecule has 0 unspecified atom stereocenters. The average Bonchev–Trinajstić information content (AvgIpc) is 3.09. The van der Waals surface area contributed by atoms with Gasteiger partial charge in [-0.2, -0.15) is 0 Å². The van der Waals surface area contributed by atoms with Crippen molar-refractivity contribution >= 4 is 5.91 Å². The van der Waals surface area contributed by atoms with Crippen LogP contribution in [0.4, 0.5) is 0 Å². The van der Waals surface area contributed by atoms with Gasteiger partial charge in [0, 0.05) is 26.0 Å². The number of morpholine rings is 1. The first-order chi connectivity index (χ1) is 11.8. The van der Waals surface area contributed by atoms with E-state index in [1.165, 1.54) is 0 Å². The molecule has 2 aromatic heterocycles. The third-order valence-electron chi connectivity index (χ3n) is 3.85. The fourth-order valence-electron chi connectivity index (χ4n) is 2.60. The van der Waals surface area contributed by atoms with Crippen molar-refractivity contribution in [3.63, 3.8) is 0 Å². The van der Waals surface area contributed by atoms with Crippen molar-refractivity contribution in [3.05, 3.63) is 35.9 Å². The van der Waals surface area contributed by atoms with Crippen LogP contribution >= 0.6 is 0 Å². The average molecular weight is 332 g/mol. The first-order valence-electron chi connectivity index (χ1n) is 7.81. The Morgan fingerprint density at radius 2 is 2.42 bits per heavy atom. The maximum Gasteiger partial charge on any atom is 0.227 e. The number of carbonyl (C=O) groups is 1. The van der Waals surface area contributed by atoms with Gasteiger partial charge in [-0.15, -0.1) is 5.10 Å². The van der Waals surface area contributed by atoms with Crippen LogP contribution in [0.3, 0.4) is 0 Å². The van der Waals surface area contributed by atoms with Gasteiger partial charge in [0.25, 0.3) is 0 Å². The Balaban J connectivity index is 1.64. The lowest BCUT2D eigenvalue weighted by Crippen LogP contribution is -2.43. The van der Waals surface area contributed by atoms with E-state index in [0.29, 0.717) is 45.1 Å². The SMILES string of the molecule is COCCn1nnnc1[C@H]1CN(C(=O)Cc2cccnc2)CCO1. The van der Waals surface area contributed by atoms with Crippen molar-refractivity contribution in [2.24, 2.45) is 0 Å². The molecule has 1 aliphatic rings. The van der Waals surface area contributed by atoms with Crippen LogP contribution in [0.15, 0.2) is 24.5 Å². The smallest absolute Gasteiger partial charge is 0.227 e. The molecular formula is C15H20N6O3. The molecule has 9 heteroatoms. The molecule has 3 heterocycles. The number of rotatable bonds is 6. The van der Waals surface area contributed by atoms with Gasteiger partial charge in [-0.1, -0.05) is 6.07 Å². The summed E-state index contributed by atoms with van der Waals surface area (Å²) in [6.45, 7) is 2.51. The normalized spacial score (nSPS) is 17.9. The van der Waals surface area contributed by atoms with Crippen LogP contribution in [-0.4, -0.2) is 69.4 Å². The van der Waals surface area contributed by atoms with Gasteiger partial charge in [-0.3, -0.25) is 9.78 Å². The minimum Gasteiger partial charge on any atom is -0.383 e. The Morgan fingerprint density at radius 1 is 1.50 bits per heavy atom. The molecule has 2 aromatic rings. The van der Waals surface area contributed by atoms with Gasteiger partial charge < -0.3 is 14.4 Å². The first-order valence-corrected chi connectivity index (χ1v) is 7.81. The summed E-state index contributed by atoms with van der Waals surface area (Å²) in [7, 11) is 1.62. The topological polar surface area (TPSA) is 95.3 Å². The Morgan fingerprint density at radius 3 is 3.21 bits per heavy atom. The van der Waals surface area contributed by atoms with Crippen LogP contribution in [-0.2, 0) is 27.2 Å². The molecule has 9 nitrogen and oxygen atoms in total. The zero-order valence-electron chi connectivity index (χ0n) is 13.5. The molecule has 1 amide bonds. The van der Waals surface area contributed by atoms with E-state index in [-0.39, 0.29) is 12.0 Å². The number of aromatic nitrogens is 5. The van der Waals surface area contributed by atoms with E-state index in [0.717, 1.165) is 5.56 Å². The predicted molar refractivity (Wildman–Crippen MR) is 82.9 cm³/mol. The molecule has 1 saturated heterocycles. The number of hydrogen-bond donors (Lipinski definition) is 0. The highest BCUT2D eigenvalue weighted by Crippen LogP contribution is 2.20. The minimum atomic E-state index is -0.330. The molecule has 1 aliphatic heterocycles. The number of tetrazole rings is 1. The lowest BCUT2D eigenvalue weighted by atomic mass is 10.1. The summed E-state index contributed by atoms with van der Waals surface area (Å²) in [6, 6.07) is 3.73. The number of hydrogen-bond acceptors (Lipinski definition) is 7. The molecule has 0 radical (unpaired) electrons. The Kier molecular flexibility index (Phi) is 5.44. The first kappa shape index (κ1) is 16.5. The van der Waals surface area contributed by atoms with Gasteiger partial charge in [0.1, 0.15) is 6.10 Å². The summed E-state index contributed by atoms with van der Waals surface area (Å²) >= 11 is 0. The maximum absolute atomic E-state index is 12.5. The Labute approximate surface area is 139 Å². The lowest BCUT2D eigenvalue weighted by Gasteiger charge is -2.32. The van der Waals surface area contributed by atoms with E-state index < -0.39 is 0 Å². The van der Waals surface area contributed by atoms with E-state index in [1.54, 1.807) is 29.1 Å². The largest absolute Gasteiger partial charge is 0.383 e. The predicted octanol–water partition coefficient (Wildman–Crippen LogP) is -0.143. The van der Waals surface area contributed by atoms with E-state index >= 15 is 0 Å². The molecule has 3 rings (SSSR count). The Bertz CT molecular complexity index is 662. The quantitative estimate of drug-likeness (QED) is 0.726. The van der Waals surface area contributed by atoms with Gasteiger partial charge in [-0.05, 0) is 22.1 Å². The van der Waals surface area contributed by atoms with Gasteiger partial charge in [0.05, 0.1) is 32.7 Å². The second kappa shape index (κ2) is 7.93. The van der Waals surface area contributed by atoms with Gasteiger partial charge in [0.15, 0.2) is 5.82 Å². The van der Waals surface area contributed by atoms with Gasteiger partial charge in [-0.25, -0.2) is 4.68 Å². The van der Waals surface area contributed by atoms with Crippen LogP contribution in [0.25, 0.3) is 0 Å².